The lowest BCUT2D eigenvalue weighted by molar-refractivity contribution is 0.102. The van der Waals surface area contributed by atoms with Crippen molar-refractivity contribution in [1.29, 1.82) is 0 Å². The number of nitrogens with one attached hydrogen (secondary N) is 2. The van der Waals surface area contributed by atoms with E-state index in [-0.39, 0.29) is 11.5 Å². The molecule has 5 heteroatoms. The molecule has 0 saturated heterocycles. The number of anilines is 1. The molecule has 0 aliphatic rings. The molecule has 0 saturated carbocycles. The molecule has 2 N–H and O–H groups in total. The van der Waals surface area contributed by atoms with Crippen molar-refractivity contribution in [2.24, 2.45) is 0 Å². The highest BCUT2D eigenvalue weighted by atomic mass is 16.1. The van der Waals surface area contributed by atoms with Gasteiger partial charge in [-0.15, -0.1) is 0 Å². The molecule has 0 fully saturated rings. The van der Waals surface area contributed by atoms with Gasteiger partial charge in [0.2, 0.25) is 5.56 Å². The van der Waals surface area contributed by atoms with Crippen molar-refractivity contribution in [3.8, 4) is 5.69 Å². The lowest BCUT2D eigenvalue weighted by Gasteiger charge is -2.09. The Morgan fingerprint density at radius 2 is 1.73 bits per heavy atom. The first-order chi connectivity index (χ1) is 12.6. The maximum atomic E-state index is 12.5. The van der Waals surface area contributed by atoms with Crippen LogP contribution in [0.5, 0.6) is 0 Å². The van der Waals surface area contributed by atoms with Crippen LogP contribution in [0.25, 0.3) is 16.6 Å². The number of rotatable bonds is 3. The lowest BCUT2D eigenvalue weighted by atomic mass is 10.1. The number of carbonyl (C=O) groups is 1. The molecule has 2 aromatic heterocycles. The number of carbonyl (C=O) groups excluding carboxylic acids is 1. The van der Waals surface area contributed by atoms with Crippen LogP contribution in [-0.2, 0) is 0 Å². The summed E-state index contributed by atoms with van der Waals surface area (Å²) in [6.07, 6.45) is 3.90. The zero-order chi connectivity index (χ0) is 18.1. The Bertz CT molecular complexity index is 1140. The fourth-order valence-electron chi connectivity index (χ4n) is 3.01. The molecule has 26 heavy (non-hydrogen) atoms. The van der Waals surface area contributed by atoms with Gasteiger partial charge in [0.25, 0.3) is 5.91 Å². The Hall–Kier alpha value is -3.60. The highest BCUT2D eigenvalue weighted by Crippen LogP contribution is 2.20. The van der Waals surface area contributed by atoms with Gasteiger partial charge in [-0.3, -0.25) is 9.59 Å². The van der Waals surface area contributed by atoms with Crippen LogP contribution >= 0.6 is 0 Å². The van der Waals surface area contributed by atoms with Gasteiger partial charge >= 0.3 is 0 Å². The van der Waals surface area contributed by atoms with Crippen LogP contribution in [0.4, 0.5) is 5.69 Å². The van der Waals surface area contributed by atoms with E-state index in [2.05, 4.69) is 10.3 Å². The number of benzene rings is 2. The quantitative estimate of drug-likeness (QED) is 0.593. The molecule has 0 unspecified atom stereocenters. The van der Waals surface area contributed by atoms with Crippen molar-refractivity contribution in [3.05, 3.63) is 94.5 Å². The van der Waals surface area contributed by atoms with Crippen LogP contribution in [0.3, 0.4) is 0 Å². The second-order valence-electron chi connectivity index (χ2n) is 6.17. The monoisotopic (exact) mass is 343 g/mol. The Kier molecular flexibility index (Phi) is 3.89. The van der Waals surface area contributed by atoms with E-state index in [4.69, 9.17) is 0 Å². The van der Waals surface area contributed by atoms with E-state index in [1.807, 2.05) is 60.3 Å². The van der Waals surface area contributed by atoms with Gasteiger partial charge in [0.05, 0.1) is 5.52 Å². The predicted molar refractivity (Wildman–Crippen MR) is 103 cm³/mol. The molecule has 2 heterocycles. The topological polar surface area (TPSA) is 66.9 Å². The smallest absolute Gasteiger partial charge is 0.255 e. The first-order valence-electron chi connectivity index (χ1n) is 8.29. The van der Waals surface area contributed by atoms with Crippen LogP contribution in [0.1, 0.15) is 15.9 Å². The van der Waals surface area contributed by atoms with Gasteiger partial charge in [-0.2, -0.15) is 0 Å². The van der Waals surface area contributed by atoms with Crippen molar-refractivity contribution in [3.63, 3.8) is 0 Å². The zero-order valence-electron chi connectivity index (χ0n) is 14.2. The van der Waals surface area contributed by atoms with Crippen LogP contribution in [0.2, 0.25) is 0 Å². The summed E-state index contributed by atoms with van der Waals surface area (Å²) >= 11 is 0. The average molecular weight is 343 g/mol. The summed E-state index contributed by atoms with van der Waals surface area (Å²) in [6.45, 7) is 1.89. The summed E-state index contributed by atoms with van der Waals surface area (Å²) < 4.78 is 1.98. The second kappa shape index (κ2) is 6.37. The minimum absolute atomic E-state index is 0.154. The Morgan fingerprint density at radius 3 is 2.46 bits per heavy atom. The van der Waals surface area contributed by atoms with Gasteiger partial charge in [0.1, 0.15) is 0 Å². The van der Waals surface area contributed by atoms with E-state index in [1.54, 1.807) is 24.3 Å². The predicted octanol–water partition coefficient (Wildman–Crippen LogP) is 3.88. The van der Waals surface area contributed by atoms with Crippen LogP contribution in [-0.4, -0.2) is 15.5 Å². The number of fused-ring (bicyclic) bond motifs is 1. The van der Waals surface area contributed by atoms with Gasteiger partial charge in [0, 0.05) is 40.8 Å². The Morgan fingerprint density at radius 1 is 1.00 bits per heavy atom. The second-order valence-corrected chi connectivity index (χ2v) is 6.17. The number of hydrogen-bond donors (Lipinski definition) is 2. The molecule has 128 valence electrons. The Balaban J connectivity index is 1.58. The summed E-state index contributed by atoms with van der Waals surface area (Å²) in [5.74, 6) is -0.196. The first-order valence-corrected chi connectivity index (χ1v) is 8.29. The summed E-state index contributed by atoms with van der Waals surface area (Å²) in [4.78, 5) is 26.9. The van der Waals surface area contributed by atoms with Crippen molar-refractivity contribution in [2.45, 2.75) is 6.92 Å². The first kappa shape index (κ1) is 15.9. The van der Waals surface area contributed by atoms with E-state index in [0.717, 1.165) is 16.6 Å². The molecule has 0 radical (unpaired) electrons. The maximum absolute atomic E-state index is 12.5. The van der Waals surface area contributed by atoms with E-state index in [0.29, 0.717) is 16.8 Å². The molecule has 0 aliphatic heterocycles. The van der Waals surface area contributed by atoms with Gasteiger partial charge in [0.15, 0.2) is 0 Å². The van der Waals surface area contributed by atoms with Gasteiger partial charge in [-0.25, -0.2) is 0 Å². The number of H-pyrrole nitrogens is 1. The fraction of sp³-hybridized carbons (Fsp3) is 0.0476. The molecular formula is C21H17N3O2. The number of aromatic nitrogens is 2. The molecule has 1 amide bonds. The number of hydrogen-bond acceptors (Lipinski definition) is 2. The highest BCUT2D eigenvalue weighted by Gasteiger charge is 2.08. The highest BCUT2D eigenvalue weighted by molar-refractivity contribution is 6.05. The SMILES string of the molecule is Cc1cc(=O)[nH]c2cc(NC(=O)c3ccc(-n4cccc4)cc3)ccc12. The molecular weight excluding hydrogens is 326 g/mol. The van der Waals surface area contributed by atoms with Crippen LogP contribution in [0.15, 0.2) is 77.9 Å². The summed E-state index contributed by atoms with van der Waals surface area (Å²) in [5, 5.41) is 3.83. The number of pyridine rings is 1. The maximum Gasteiger partial charge on any atom is 0.255 e. The lowest BCUT2D eigenvalue weighted by Crippen LogP contribution is -2.12. The zero-order valence-corrected chi connectivity index (χ0v) is 14.2. The average Bonchev–Trinajstić information content (AvgIpc) is 3.16. The number of amides is 1. The molecule has 0 aliphatic carbocycles. The van der Waals surface area contributed by atoms with Crippen molar-refractivity contribution < 1.29 is 4.79 Å². The molecule has 0 atom stereocenters. The van der Waals surface area contributed by atoms with Crippen molar-refractivity contribution >= 4 is 22.5 Å². The normalized spacial score (nSPS) is 10.8. The summed E-state index contributed by atoms with van der Waals surface area (Å²) in [5.41, 5.74) is 3.65. The molecule has 4 rings (SSSR count). The van der Waals surface area contributed by atoms with E-state index >= 15 is 0 Å². The third-order valence-electron chi connectivity index (χ3n) is 4.34. The summed E-state index contributed by atoms with van der Waals surface area (Å²) in [7, 11) is 0. The number of aryl methyl sites for hydroxylation is 1. The fourth-order valence-corrected chi connectivity index (χ4v) is 3.01. The van der Waals surface area contributed by atoms with E-state index in [9.17, 15) is 9.59 Å². The van der Waals surface area contributed by atoms with Crippen molar-refractivity contribution in [1.82, 2.24) is 9.55 Å². The molecule has 2 aromatic carbocycles. The Labute approximate surface area is 149 Å². The third kappa shape index (κ3) is 3.02. The van der Waals surface area contributed by atoms with E-state index in [1.165, 1.54) is 0 Å². The third-order valence-corrected chi connectivity index (χ3v) is 4.34. The van der Waals surface area contributed by atoms with Crippen LogP contribution in [0, 0.1) is 6.92 Å². The molecule has 5 nitrogen and oxygen atoms in total. The largest absolute Gasteiger partial charge is 0.324 e. The number of nitrogens with zero attached hydrogens (tertiary/aromatic N) is 1. The minimum Gasteiger partial charge on any atom is -0.324 e. The van der Waals surface area contributed by atoms with Crippen LogP contribution < -0.4 is 10.9 Å². The summed E-state index contributed by atoms with van der Waals surface area (Å²) in [6, 6.07) is 18.3. The number of aromatic amines is 1. The standard InChI is InChI=1S/C21H17N3O2/c1-14-12-20(25)23-19-13-16(6-9-18(14)19)22-21(26)15-4-7-17(8-5-15)24-10-2-3-11-24/h2-13H,1H3,(H,22,26)(H,23,25). The van der Waals surface area contributed by atoms with Crippen molar-refractivity contribution in [2.75, 3.05) is 5.32 Å². The molecule has 4 aromatic rings. The molecule has 0 spiro atoms. The van der Waals surface area contributed by atoms with Gasteiger partial charge in [-0.1, -0.05) is 6.07 Å². The van der Waals surface area contributed by atoms with E-state index < -0.39 is 0 Å². The van der Waals surface area contributed by atoms with Gasteiger partial charge in [-0.05, 0) is 61.0 Å². The minimum atomic E-state index is -0.196. The van der Waals surface area contributed by atoms with Gasteiger partial charge < -0.3 is 14.9 Å². The molecule has 0 bridgehead atoms.